The van der Waals surface area contributed by atoms with Crippen molar-refractivity contribution in [1.29, 1.82) is 0 Å². The number of benzene rings is 1. The Morgan fingerprint density at radius 2 is 2.05 bits per heavy atom. The van der Waals surface area contributed by atoms with E-state index >= 15 is 0 Å². The van der Waals surface area contributed by atoms with Crippen LogP contribution in [0.15, 0.2) is 40.3 Å². The molecule has 3 rings (SSSR count). The lowest BCUT2D eigenvalue weighted by Gasteiger charge is -2.33. The summed E-state index contributed by atoms with van der Waals surface area (Å²) in [7, 11) is 0. The number of carbonyl (C=O) groups is 1. The van der Waals surface area contributed by atoms with Gasteiger partial charge in [0.25, 0.3) is 5.91 Å². The maximum atomic E-state index is 12.1. The molecule has 21 heavy (non-hydrogen) atoms. The second-order valence-electron chi connectivity index (χ2n) is 5.76. The van der Waals surface area contributed by atoms with Crippen LogP contribution in [0, 0.1) is 5.92 Å². The molecule has 1 amide bonds. The normalized spacial score (nSPS) is 22.5. The van der Waals surface area contributed by atoms with Crippen LogP contribution in [0.2, 0.25) is 0 Å². The summed E-state index contributed by atoms with van der Waals surface area (Å²) in [6.07, 6.45) is 2.61. The van der Waals surface area contributed by atoms with Gasteiger partial charge >= 0.3 is 0 Å². The highest BCUT2D eigenvalue weighted by Gasteiger charge is 2.33. The van der Waals surface area contributed by atoms with E-state index < -0.39 is 0 Å². The molecular formula is C17H21N3O. The molecule has 110 valence electrons. The Balaban J connectivity index is 1.71. The van der Waals surface area contributed by atoms with Gasteiger partial charge in [-0.2, -0.15) is 4.99 Å². The molecule has 0 radical (unpaired) electrons. The number of aliphatic imine (C=N–C) groups is 2. The van der Waals surface area contributed by atoms with E-state index in [-0.39, 0.29) is 11.8 Å². The highest BCUT2D eigenvalue weighted by atomic mass is 16.1. The number of carbonyl (C=O) groups excluding carboxylic acids is 1. The van der Waals surface area contributed by atoms with Crippen molar-refractivity contribution in [3.8, 4) is 0 Å². The first-order valence-electron chi connectivity index (χ1n) is 7.71. The molecule has 0 aliphatic carbocycles. The van der Waals surface area contributed by atoms with Crippen LogP contribution in [0.3, 0.4) is 0 Å². The van der Waals surface area contributed by atoms with Crippen LogP contribution in [0.25, 0.3) is 0 Å². The SMILES string of the molecule is CCCC1=NC(=O)C2CCN(Cc3ccccc3)CC2=N1. The highest BCUT2D eigenvalue weighted by molar-refractivity contribution is 6.16. The molecule has 0 N–H and O–H groups in total. The maximum Gasteiger partial charge on any atom is 0.256 e. The summed E-state index contributed by atoms with van der Waals surface area (Å²) in [6, 6.07) is 10.5. The number of rotatable bonds is 4. The van der Waals surface area contributed by atoms with Gasteiger partial charge in [-0.05, 0) is 18.4 Å². The predicted molar refractivity (Wildman–Crippen MR) is 84.6 cm³/mol. The first kappa shape index (κ1) is 14.1. The zero-order chi connectivity index (χ0) is 14.7. The van der Waals surface area contributed by atoms with Crippen LogP contribution in [0.5, 0.6) is 0 Å². The molecule has 2 heterocycles. The molecule has 1 aromatic rings. The lowest BCUT2D eigenvalue weighted by molar-refractivity contribution is -0.120. The Morgan fingerprint density at radius 1 is 1.24 bits per heavy atom. The van der Waals surface area contributed by atoms with Gasteiger partial charge in [0.1, 0.15) is 5.84 Å². The second-order valence-corrected chi connectivity index (χ2v) is 5.76. The average Bonchev–Trinajstić information content (AvgIpc) is 2.48. The molecule has 2 aliphatic heterocycles. The molecule has 0 saturated carbocycles. The van der Waals surface area contributed by atoms with Gasteiger partial charge < -0.3 is 0 Å². The summed E-state index contributed by atoms with van der Waals surface area (Å²) in [6.45, 7) is 4.72. The van der Waals surface area contributed by atoms with Crippen molar-refractivity contribution in [2.45, 2.75) is 32.7 Å². The molecule has 1 fully saturated rings. The molecule has 0 spiro atoms. The molecule has 2 aliphatic rings. The molecule has 1 atom stereocenters. The van der Waals surface area contributed by atoms with E-state index in [1.807, 2.05) is 6.07 Å². The van der Waals surface area contributed by atoms with Gasteiger partial charge in [-0.15, -0.1) is 0 Å². The third kappa shape index (κ3) is 3.27. The van der Waals surface area contributed by atoms with Crippen molar-refractivity contribution in [3.05, 3.63) is 35.9 Å². The predicted octanol–water partition coefficient (Wildman–Crippen LogP) is 2.69. The third-order valence-corrected chi connectivity index (χ3v) is 4.05. The minimum Gasteiger partial charge on any atom is -0.294 e. The number of fused-ring (bicyclic) bond motifs is 1. The van der Waals surface area contributed by atoms with E-state index in [4.69, 9.17) is 0 Å². The first-order valence-corrected chi connectivity index (χ1v) is 7.71. The van der Waals surface area contributed by atoms with Crippen LogP contribution in [-0.2, 0) is 11.3 Å². The van der Waals surface area contributed by atoms with Gasteiger partial charge in [-0.3, -0.25) is 9.69 Å². The smallest absolute Gasteiger partial charge is 0.256 e. The largest absolute Gasteiger partial charge is 0.294 e. The molecular weight excluding hydrogens is 262 g/mol. The fraction of sp³-hybridized carbons (Fsp3) is 0.471. The van der Waals surface area contributed by atoms with Crippen molar-refractivity contribution in [1.82, 2.24) is 4.90 Å². The molecule has 1 unspecified atom stereocenters. The molecule has 0 bridgehead atoms. The molecule has 0 aromatic heterocycles. The van der Waals surface area contributed by atoms with Crippen molar-refractivity contribution in [3.63, 3.8) is 0 Å². The fourth-order valence-electron chi connectivity index (χ4n) is 2.98. The van der Waals surface area contributed by atoms with Crippen molar-refractivity contribution in [2.24, 2.45) is 15.9 Å². The topological polar surface area (TPSA) is 45.0 Å². The number of amides is 1. The second kappa shape index (κ2) is 6.31. The summed E-state index contributed by atoms with van der Waals surface area (Å²) in [5, 5.41) is 0. The van der Waals surface area contributed by atoms with E-state index in [9.17, 15) is 4.79 Å². The Bertz CT molecular complexity index is 577. The van der Waals surface area contributed by atoms with Gasteiger partial charge in [0.2, 0.25) is 0 Å². The van der Waals surface area contributed by atoms with Gasteiger partial charge in [-0.1, -0.05) is 37.3 Å². The van der Waals surface area contributed by atoms with Crippen LogP contribution < -0.4 is 0 Å². The van der Waals surface area contributed by atoms with Crippen molar-refractivity contribution >= 4 is 17.5 Å². The lowest BCUT2D eigenvalue weighted by atomic mass is 9.92. The fourth-order valence-corrected chi connectivity index (χ4v) is 2.98. The summed E-state index contributed by atoms with van der Waals surface area (Å²) in [5.41, 5.74) is 2.32. The number of nitrogens with zero attached hydrogens (tertiary/aromatic N) is 3. The molecule has 1 aromatic carbocycles. The van der Waals surface area contributed by atoms with E-state index in [2.05, 4.69) is 46.1 Å². The van der Waals surface area contributed by atoms with Gasteiger partial charge in [0.05, 0.1) is 5.92 Å². The monoisotopic (exact) mass is 283 g/mol. The summed E-state index contributed by atoms with van der Waals surface area (Å²) in [5.74, 6) is 0.663. The summed E-state index contributed by atoms with van der Waals surface area (Å²) >= 11 is 0. The Hall–Kier alpha value is -1.81. The van der Waals surface area contributed by atoms with Crippen molar-refractivity contribution < 1.29 is 4.79 Å². The van der Waals surface area contributed by atoms with Crippen molar-refractivity contribution in [2.75, 3.05) is 13.1 Å². The summed E-state index contributed by atoms with van der Waals surface area (Å²) in [4.78, 5) is 23.2. The number of hydrogen-bond donors (Lipinski definition) is 0. The number of hydrogen-bond acceptors (Lipinski definition) is 3. The Morgan fingerprint density at radius 3 is 2.81 bits per heavy atom. The van der Waals surface area contributed by atoms with Crippen LogP contribution >= 0.6 is 0 Å². The van der Waals surface area contributed by atoms with E-state index in [0.29, 0.717) is 0 Å². The van der Waals surface area contributed by atoms with Crippen LogP contribution in [0.4, 0.5) is 0 Å². The van der Waals surface area contributed by atoms with E-state index in [1.54, 1.807) is 0 Å². The van der Waals surface area contributed by atoms with Crippen LogP contribution in [-0.4, -0.2) is 35.4 Å². The average molecular weight is 283 g/mol. The van der Waals surface area contributed by atoms with Gasteiger partial charge in [-0.25, -0.2) is 4.99 Å². The van der Waals surface area contributed by atoms with Crippen LogP contribution in [0.1, 0.15) is 31.7 Å². The Labute approximate surface area is 125 Å². The zero-order valence-electron chi connectivity index (χ0n) is 12.5. The number of piperidine rings is 1. The third-order valence-electron chi connectivity index (χ3n) is 4.05. The molecule has 4 heteroatoms. The zero-order valence-corrected chi connectivity index (χ0v) is 12.5. The minimum atomic E-state index is -0.0716. The highest BCUT2D eigenvalue weighted by Crippen LogP contribution is 2.22. The van der Waals surface area contributed by atoms with Gasteiger partial charge in [0.15, 0.2) is 0 Å². The molecule has 1 saturated heterocycles. The van der Waals surface area contributed by atoms with Gasteiger partial charge in [0, 0.05) is 31.8 Å². The maximum absolute atomic E-state index is 12.1. The van der Waals surface area contributed by atoms with E-state index in [0.717, 1.165) is 50.4 Å². The minimum absolute atomic E-state index is 0.0165. The summed E-state index contributed by atoms with van der Waals surface area (Å²) < 4.78 is 0. The lowest BCUT2D eigenvalue weighted by Crippen LogP contribution is -2.45. The number of likely N-dealkylation sites (tertiary alicyclic amines) is 1. The first-order chi connectivity index (χ1) is 10.3. The Kier molecular flexibility index (Phi) is 4.25. The van der Waals surface area contributed by atoms with E-state index in [1.165, 1.54) is 5.56 Å². The quantitative estimate of drug-likeness (QED) is 0.853. The number of amidine groups is 1. The molecule has 4 nitrogen and oxygen atoms in total. The standard InChI is InChI=1S/C17H21N3O/c1-2-6-16-18-15-12-20(10-9-14(15)17(21)19-16)11-13-7-4-3-5-8-13/h3-5,7-8,14H,2,6,9-12H2,1H3.